The van der Waals surface area contributed by atoms with Gasteiger partial charge in [0, 0.05) is 16.5 Å². The summed E-state index contributed by atoms with van der Waals surface area (Å²) in [5.74, 6) is 0. The van der Waals surface area contributed by atoms with Crippen molar-refractivity contribution in [2.75, 3.05) is 0 Å². The lowest BCUT2D eigenvalue weighted by atomic mass is 10.1. The summed E-state index contributed by atoms with van der Waals surface area (Å²) in [4.78, 5) is 0. The summed E-state index contributed by atoms with van der Waals surface area (Å²) < 4.78 is 2.46. The molecule has 1 unspecified atom stereocenters. The van der Waals surface area contributed by atoms with Crippen LogP contribution < -0.4 is 31.1 Å². The lowest BCUT2D eigenvalue weighted by Gasteiger charge is -2.45. The molecule has 9 rings (SSSR count). The van der Waals surface area contributed by atoms with Gasteiger partial charge in [0.05, 0.1) is 11.0 Å². The van der Waals surface area contributed by atoms with Crippen LogP contribution in [0.4, 0.5) is 0 Å². The van der Waals surface area contributed by atoms with Crippen LogP contribution in [-0.2, 0) is 0 Å². The second kappa shape index (κ2) is 15.0. The highest BCUT2D eigenvalue weighted by Gasteiger charge is 2.50. The van der Waals surface area contributed by atoms with Crippen molar-refractivity contribution in [3.63, 3.8) is 0 Å². The quantitative estimate of drug-likeness (QED) is 0.107. The minimum Gasteiger partial charge on any atom is -0.309 e. The van der Waals surface area contributed by atoms with E-state index >= 15 is 0 Å². The number of hydrogen-bond donors (Lipinski definition) is 0. The third-order valence-electron chi connectivity index (χ3n) is 12.9. The Hall–Kier alpha value is -6.01. The van der Waals surface area contributed by atoms with Gasteiger partial charge in [-0.25, -0.2) is 0 Å². The predicted octanol–water partition coefficient (Wildman–Crippen LogP) is 11.0. The topological polar surface area (TPSA) is 4.93 Å². The highest BCUT2D eigenvalue weighted by Crippen LogP contribution is 2.39. The van der Waals surface area contributed by atoms with Crippen LogP contribution in [0, 0.1) is 0 Å². The first-order chi connectivity index (χ1) is 28.5. The average Bonchev–Trinajstić information content (AvgIpc) is 3.59. The van der Waals surface area contributed by atoms with Crippen LogP contribution in [0.2, 0.25) is 10.1 Å². The normalized spacial score (nSPS) is 13.4. The van der Waals surface area contributed by atoms with E-state index in [4.69, 9.17) is 0 Å². The minimum absolute atomic E-state index is 0.0263. The molecule has 0 saturated carbocycles. The molecule has 0 aliphatic carbocycles. The van der Waals surface area contributed by atoms with E-state index in [0.717, 1.165) is 0 Å². The first-order valence-electron chi connectivity index (χ1n) is 21.0. The Balaban J connectivity index is 1.22. The molecule has 290 valence electrons. The van der Waals surface area contributed by atoms with Gasteiger partial charge in [0.15, 0.2) is 16.1 Å². The Kier molecular flexibility index (Phi) is 9.78. The zero-order valence-corrected chi connectivity index (χ0v) is 37.2. The molecule has 3 heteroatoms. The van der Waals surface area contributed by atoms with Crippen LogP contribution in [0.5, 0.6) is 0 Å². The van der Waals surface area contributed by atoms with Crippen LogP contribution in [0.1, 0.15) is 41.5 Å². The Bertz CT molecular complexity index is 2790. The molecule has 0 aliphatic rings. The van der Waals surface area contributed by atoms with Gasteiger partial charge in [0.1, 0.15) is 0 Å². The number of aromatic nitrogens is 1. The lowest BCUT2D eigenvalue weighted by Crippen LogP contribution is -2.72. The second-order valence-corrected chi connectivity index (χ2v) is 27.6. The van der Waals surface area contributed by atoms with Gasteiger partial charge in [-0.2, -0.15) is 0 Å². The van der Waals surface area contributed by atoms with Crippen LogP contribution in [-0.4, -0.2) is 20.7 Å². The van der Waals surface area contributed by atoms with E-state index in [0.29, 0.717) is 0 Å². The summed E-state index contributed by atoms with van der Waals surface area (Å²) in [7, 11) is -5.19. The van der Waals surface area contributed by atoms with Gasteiger partial charge in [-0.05, 0) is 76.6 Å². The van der Waals surface area contributed by atoms with Crippen LogP contribution in [0.15, 0.2) is 212 Å². The number of benzene rings is 8. The summed E-state index contributed by atoms with van der Waals surface area (Å²) in [6.45, 7) is 14.7. The molecule has 0 saturated heterocycles. The zero-order chi connectivity index (χ0) is 40.8. The van der Waals surface area contributed by atoms with Gasteiger partial charge in [-0.1, -0.05) is 230 Å². The first kappa shape index (κ1) is 38.5. The molecule has 0 N–H and O–H groups in total. The van der Waals surface area contributed by atoms with Crippen LogP contribution in [0.3, 0.4) is 0 Å². The molecule has 0 bridgehead atoms. The fourth-order valence-corrected chi connectivity index (χ4v) is 22.0. The third-order valence-corrected chi connectivity index (χ3v) is 24.6. The maximum absolute atomic E-state index is 2.73. The maximum Gasteiger partial charge on any atom is 0.153 e. The number of hydrogen-bond acceptors (Lipinski definition) is 0. The van der Waals surface area contributed by atoms with Crippen molar-refractivity contribution < 1.29 is 0 Å². The summed E-state index contributed by atoms with van der Waals surface area (Å²) in [5.41, 5.74) is 6.17. The molecule has 59 heavy (non-hydrogen) atoms. The molecule has 0 aliphatic heterocycles. The summed E-state index contributed by atoms with van der Waals surface area (Å²) in [6.07, 6.45) is 0. The number of rotatable bonds is 8. The van der Waals surface area contributed by atoms with Crippen molar-refractivity contribution in [2.24, 2.45) is 0 Å². The molecule has 1 aromatic heterocycles. The summed E-state index contributed by atoms with van der Waals surface area (Å²) in [6, 6.07) is 80.3. The Morgan fingerprint density at radius 1 is 0.305 bits per heavy atom. The minimum atomic E-state index is -2.73. The fraction of sp³-hybridized carbons (Fsp3) is 0.143. The number of nitrogens with zero attached hydrogens (tertiary/aromatic N) is 1. The average molecular weight is 796 g/mol. The molecule has 0 fully saturated rings. The third kappa shape index (κ3) is 6.27. The van der Waals surface area contributed by atoms with Crippen molar-refractivity contribution in [2.45, 2.75) is 51.6 Å². The summed E-state index contributed by atoms with van der Waals surface area (Å²) >= 11 is 0. The number of para-hydroxylation sites is 2. The number of fused-ring (bicyclic) bond motifs is 3. The highest BCUT2D eigenvalue weighted by molar-refractivity contribution is 7.14. The molecule has 1 atom stereocenters. The van der Waals surface area contributed by atoms with Gasteiger partial charge in [-0.15, -0.1) is 0 Å². The van der Waals surface area contributed by atoms with Gasteiger partial charge in [0.2, 0.25) is 0 Å². The van der Waals surface area contributed by atoms with Crippen molar-refractivity contribution in [3.05, 3.63) is 212 Å². The molecular formula is C56H53NSi2. The Morgan fingerprint density at radius 2 is 0.678 bits per heavy atom. The van der Waals surface area contributed by atoms with Crippen molar-refractivity contribution in [1.82, 2.24) is 4.57 Å². The van der Waals surface area contributed by atoms with Gasteiger partial charge in [0.25, 0.3) is 0 Å². The largest absolute Gasteiger partial charge is 0.309 e. The molecule has 1 nitrogen and oxygen atoms in total. The highest BCUT2D eigenvalue weighted by atomic mass is 28.3. The van der Waals surface area contributed by atoms with Gasteiger partial charge >= 0.3 is 0 Å². The molecule has 9 aromatic rings. The van der Waals surface area contributed by atoms with E-state index in [-0.39, 0.29) is 10.1 Å². The second-order valence-electron chi connectivity index (χ2n) is 18.2. The molecule has 0 amide bonds. The van der Waals surface area contributed by atoms with E-state index in [1.165, 1.54) is 69.7 Å². The van der Waals surface area contributed by atoms with Crippen LogP contribution >= 0.6 is 0 Å². The Labute approximate surface area is 352 Å². The van der Waals surface area contributed by atoms with E-state index in [1.54, 1.807) is 0 Å². The Morgan fingerprint density at radius 3 is 1.15 bits per heavy atom. The van der Waals surface area contributed by atoms with Crippen molar-refractivity contribution in [1.29, 1.82) is 0 Å². The standard InChI is InChI=1S/C56H53NSi2/c1-55(2,3)58(45-24-10-7-11-25-45,46-26-12-8-13-27-46)48-38-36-42(37-39-48)43-22-20-30-49(40-43)59(56(4,5)6,47-28-14-9-15-29-47)50-31-21-23-44(41-50)57-53-34-18-16-32-51(53)52-33-17-19-35-54(52)57/h7-41H,1-6H3. The van der Waals surface area contributed by atoms with Crippen LogP contribution in [0.25, 0.3) is 38.6 Å². The molecule has 1 heterocycles. The van der Waals surface area contributed by atoms with E-state index in [9.17, 15) is 0 Å². The molecular weight excluding hydrogens is 743 g/mol. The fourth-order valence-electron chi connectivity index (χ4n) is 10.6. The maximum atomic E-state index is 2.52. The zero-order valence-electron chi connectivity index (χ0n) is 35.2. The SMILES string of the molecule is CC(C)(C)[Si](c1ccccc1)(c1ccccc1)c1ccc(-c2cccc([Si](c3ccccc3)(c3cccc(-n4c5ccccc5c5ccccc54)c3)C(C)(C)C)c2)cc1. The van der Waals surface area contributed by atoms with Gasteiger partial charge < -0.3 is 4.57 Å². The lowest BCUT2D eigenvalue weighted by molar-refractivity contribution is 0.739. The van der Waals surface area contributed by atoms with E-state index in [2.05, 4.69) is 258 Å². The first-order valence-corrected chi connectivity index (χ1v) is 25.0. The van der Waals surface area contributed by atoms with Crippen molar-refractivity contribution in [3.8, 4) is 16.8 Å². The predicted molar refractivity (Wildman–Crippen MR) is 261 cm³/mol. The van der Waals surface area contributed by atoms with E-state index < -0.39 is 16.1 Å². The van der Waals surface area contributed by atoms with E-state index in [1.807, 2.05) is 0 Å². The van der Waals surface area contributed by atoms with Crippen molar-refractivity contribution >= 4 is 69.1 Å². The van der Waals surface area contributed by atoms with Gasteiger partial charge in [-0.3, -0.25) is 0 Å². The summed E-state index contributed by atoms with van der Waals surface area (Å²) in [5, 5.41) is 11.1. The smallest absolute Gasteiger partial charge is 0.153 e. The monoisotopic (exact) mass is 795 g/mol. The molecule has 8 aromatic carbocycles. The molecule has 0 spiro atoms. The molecule has 0 radical (unpaired) electrons.